The Kier molecular flexibility index (Phi) is 9.19. The fourth-order valence-electron chi connectivity index (χ4n) is 4.15. The van der Waals surface area contributed by atoms with Crippen molar-refractivity contribution in [3.8, 4) is 0 Å². The van der Waals surface area contributed by atoms with Crippen molar-refractivity contribution >= 4 is 16.8 Å². The van der Waals surface area contributed by atoms with Crippen molar-refractivity contribution < 1.29 is 9.53 Å². The summed E-state index contributed by atoms with van der Waals surface area (Å²) in [4.78, 5) is 33.0. The largest absolute Gasteiger partial charge is 0.367 e. The first-order valence-corrected chi connectivity index (χ1v) is 11.9. The van der Waals surface area contributed by atoms with Crippen LogP contribution in [0.15, 0.2) is 59.4 Å². The number of hydrogen-bond acceptors (Lipinski definition) is 4. The molecule has 6 heteroatoms. The number of fused-ring (bicyclic) bond motifs is 1. The molecule has 0 saturated heterocycles. The predicted octanol–water partition coefficient (Wildman–Crippen LogP) is 5.01. The molecule has 0 aliphatic carbocycles. The minimum atomic E-state index is -0.290. The normalized spacial score (nSPS) is 12.1. The van der Waals surface area contributed by atoms with Gasteiger partial charge in [-0.2, -0.15) is 0 Å². The minimum Gasteiger partial charge on any atom is -0.367 e. The van der Waals surface area contributed by atoms with Crippen molar-refractivity contribution in [1.29, 1.82) is 0 Å². The summed E-state index contributed by atoms with van der Waals surface area (Å²) >= 11 is 0. The monoisotopic (exact) mass is 449 g/mol. The van der Waals surface area contributed by atoms with Gasteiger partial charge in [-0.15, -0.1) is 0 Å². The molecule has 1 heterocycles. The van der Waals surface area contributed by atoms with Crippen LogP contribution >= 0.6 is 0 Å². The lowest BCUT2D eigenvalue weighted by Crippen LogP contribution is -2.40. The molecule has 1 unspecified atom stereocenters. The lowest BCUT2D eigenvalue weighted by molar-refractivity contribution is -0.139. The van der Waals surface area contributed by atoms with Gasteiger partial charge in [0.15, 0.2) is 0 Å². The highest BCUT2D eigenvalue weighted by atomic mass is 16.5. The van der Waals surface area contributed by atoms with E-state index < -0.39 is 0 Å². The lowest BCUT2D eigenvalue weighted by Gasteiger charge is -2.32. The van der Waals surface area contributed by atoms with Gasteiger partial charge in [0.2, 0.25) is 5.91 Å². The van der Waals surface area contributed by atoms with Crippen LogP contribution < -0.4 is 5.56 Å². The Morgan fingerprint density at radius 1 is 1.03 bits per heavy atom. The second-order valence-electron chi connectivity index (χ2n) is 8.40. The third-order valence-electron chi connectivity index (χ3n) is 5.99. The molecule has 2 aromatic carbocycles. The number of carbonyl (C=O) groups excluding carboxylic acids is 1. The van der Waals surface area contributed by atoms with Crippen LogP contribution in [-0.2, 0) is 23.2 Å². The molecular formula is C27H35N3O3. The first-order chi connectivity index (χ1) is 16.1. The maximum atomic E-state index is 13.3. The second kappa shape index (κ2) is 12.3. The SMILES string of the molecule is CCCCCCN(C(=O)COCc1ccccc1)C(CC)c1nc2ccccc2c(=O)n1C. The predicted molar refractivity (Wildman–Crippen MR) is 132 cm³/mol. The summed E-state index contributed by atoms with van der Waals surface area (Å²) in [6.07, 6.45) is 4.90. The van der Waals surface area contributed by atoms with E-state index in [1.807, 2.05) is 60.4 Å². The maximum Gasteiger partial charge on any atom is 0.261 e. The zero-order valence-corrected chi connectivity index (χ0v) is 20.0. The average molecular weight is 450 g/mol. The van der Waals surface area contributed by atoms with Gasteiger partial charge in [-0.1, -0.05) is 75.6 Å². The average Bonchev–Trinajstić information content (AvgIpc) is 2.84. The molecule has 0 radical (unpaired) electrons. The van der Waals surface area contributed by atoms with Crippen molar-refractivity contribution in [2.45, 2.75) is 58.6 Å². The molecule has 176 valence electrons. The Morgan fingerprint density at radius 2 is 1.76 bits per heavy atom. The van der Waals surface area contributed by atoms with Crippen LogP contribution in [0.4, 0.5) is 0 Å². The van der Waals surface area contributed by atoms with Gasteiger partial charge >= 0.3 is 0 Å². The topological polar surface area (TPSA) is 64.4 Å². The molecule has 0 aliphatic rings. The molecule has 3 rings (SSSR count). The molecule has 0 spiro atoms. The van der Waals surface area contributed by atoms with Crippen molar-refractivity contribution in [3.63, 3.8) is 0 Å². The Hall–Kier alpha value is -2.99. The third-order valence-corrected chi connectivity index (χ3v) is 5.99. The van der Waals surface area contributed by atoms with Crippen molar-refractivity contribution in [3.05, 3.63) is 76.3 Å². The van der Waals surface area contributed by atoms with Crippen LogP contribution in [-0.4, -0.2) is 33.5 Å². The van der Waals surface area contributed by atoms with Gasteiger partial charge in [0.1, 0.15) is 12.4 Å². The summed E-state index contributed by atoms with van der Waals surface area (Å²) in [7, 11) is 1.74. The first-order valence-electron chi connectivity index (χ1n) is 11.9. The Labute approximate surface area is 196 Å². The Balaban J connectivity index is 1.84. The van der Waals surface area contributed by atoms with Gasteiger partial charge in [0.05, 0.1) is 23.6 Å². The Bertz CT molecular complexity index is 1090. The van der Waals surface area contributed by atoms with E-state index in [9.17, 15) is 9.59 Å². The summed E-state index contributed by atoms with van der Waals surface area (Å²) in [5, 5.41) is 0.589. The summed E-state index contributed by atoms with van der Waals surface area (Å²) in [6.45, 7) is 5.21. The van der Waals surface area contributed by atoms with E-state index in [0.29, 0.717) is 36.3 Å². The second-order valence-corrected chi connectivity index (χ2v) is 8.40. The van der Waals surface area contributed by atoms with Crippen LogP contribution in [0.25, 0.3) is 10.9 Å². The van der Waals surface area contributed by atoms with E-state index in [0.717, 1.165) is 31.2 Å². The van der Waals surface area contributed by atoms with E-state index >= 15 is 0 Å². The molecule has 0 N–H and O–H groups in total. The molecule has 0 fully saturated rings. The van der Waals surface area contributed by atoms with Crippen LogP contribution in [0.5, 0.6) is 0 Å². The number of hydrogen-bond donors (Lipinski definition) is 0. The molecule has 3 aromatic rings. The molecular weight excluding hydrogens is 414 g/mol. The summed E-state index contributed by atoms with van der Waals surface area (Å²) in [5.74, 6) is 0.546. The molecule has 6 nitrogen and oxygen atoms in total. The Morgan fingerprint density at radius 3 is 2.48 bits per heavy atom. The van der Waals surface area contributed by atoms with Crippen molar-refractivity contribution in [2.75, 3.05) is 13.2 Å². The highest BCUT2D eigenvalue weighted by molar-refractivity contribution is 5.79. The fourth-order valence-corrected chi connectivity index (χ4v) is 4.15. The summed E-state index contributed by atoms with van der Waals surface area (Å²) < 4.78 is 7.36. The van der Waals surface area contributed by atoms with E-state index in [1.165, 1.54) is 0 Å². The number of rotatable bonds is 12. The highest BCUT2D eigenvalue weighted by Gasteiger charge is 2.27. The van der Waals surface area contributed by atoms with Gasteiger partial charge in [-0.05, 0) is 30.5 Å². The van der Waals surface area contributed by atoms with Gasteiger partial charge in [0, 0.05) is 13.6 Å². The molecule has 0 saturated carbocycles. The van der Waals surface area contributed by atoms with Crippen molar-refractivity contribution in [1.82, 2.24) is 14.5 Å². The quantitative estimate of drug-likeness (QED) is 0.365. The lowest BCUT2D eigenvalue weighted by atomic mass is 10.1. The summed E-state index contributed by atoms with van der Waals surface area (Å²) in [5.41, 5.74) is 1.60. The standard InChI is InChI=1S/C27H35N3O3/c1-4-6-7-13-18-30(25(31)20-33-19-21-14-9-8-10-15-21)24(5-2)26-28-23-17-12-11-16-22(23)27(32)29(26)3/h8-12,14-17,24H,4-7,13,18-20H2,1-3H3. The van der Waals surface area contributed by atoms with Crippen LogP contribution in [0, 0.1) is 0 Å². The van der Waals surface area contributed by atoms with E-state index in [4.69, 9.17) is 9.72 Å². The molecule has 0 bridgehead atoms. The number of amides is 1. The molecule has 1 atom stereocenters. The number of benzene rings is 2. The highest BCUT2D eigenvalue weighted by Crippen LogP contribution is 2.24. The molecule has 33 heavy (non-hydrogen) atoms. The van der Waals surface area contributed by atoms with Gasteiger partial charge < -0.3 is 9.64 Å². The van der Waals surface area contributed by atoms with E-state index in [-0.39, 0.29) is 24.1 Å². The number of ether oxygens (including phenoxy) is 1. The number of carbonyl (C=O) groups is 1. The van der Waals surface area contributed by atoms with Crippen molar-refractivity contribution in [2.24, 2.45) is 7.05 Å². The molecule has 1 aromatic heterocycles. The minimum absolute atomic E-state index is 0.000694. The van der Waals surface area contributed by atoms with Gasteiger partial charge in [-0.3, -0.25) is 14.2 Å². The number of aromatic nitrogens is 2. The van der Waals surface area contributed by atoms with Gasteiger partial charge in [0.25, 0.3) is 5.56 Å². The zero-order chi connectivity index (χ0) is 23.6. The van der Waals surface area contributed by atoms with Crippen LogP contribution in [0.1, 0.15) is 63.4 Å². The van der Waals surface area contributed by atoms with E-state index in [2.05, 4.69) is 6.92 Å². The maximum absolute atomic E-state index is 13.3. The van der Waals surface area contributed by atoms with Gasteiger partial charge in [-0.25, -0.2) is 4.98 Å². The number of para-hydroxylation sites is 1. The smallest absolute Gasteiger partial charge is 0.261 e. The first kappa shape index (κ1) is 24.6. The number of nitrogens with zero attached hydrogens (tertiary/aromatic N) is 3. The molecule has 0 aliphatic heterocycles. The fraction of sp³-hybridized carbons (Fsp3) is 0.444. The van der Waals surface area contributed by atoms with Crippen LogP contribution in [0.3, 0.4) is 0 Å². The third kappa shape index (κ3) is 6.29. The molecule has 1 amide bonds. The zero-order valence-electron chi connectivity index (χ0n) is 20.0. The van der Waals surface area contributed by atoms with E-state index in [1.54, 1.807) is 17.7 Å². The number of unbranched alkanes of at least 4 members (excludes halogenated alkanes) is 3. The summed E-state index contributed by atoms with van der Waals surface area (Å²) in [6, 6.07) is 16.9. The van der Waals surface area contributed by atoms with Crippen LogP contribution in [0.2, 0.25) is 0 Å².